The van der Waals surface area contributed by atoms with Crippen LogP contribution in [0.2, 0.25) is 0 Å². The van der Waals surface area contributed by atoms with Crippen molar-refractivity contribution in [3.63, 3.8) is 0 Å². The van der Waals surface area contributed by atoms with Crippen molar-refractivity contribution in [3.05, 3.63) is 70.4 Å². The van der Waals surface area contributed by atoms with Gasteiger partial charge in [-0.15, -0.1) is 0 Å². The summed E-state index contributed by atoms with van der Waals surface area (Å²) in [5, 5.41) is 15.1. The van der Waals surface area contributed by atoms with E-state index in [1.54, 1.807) is 18.2 Å². The lowest BCUT2D eigenvalue weighted by molar-refractivity contribution is -0.137. The predicted octanol–water partition coefficient (Wildman–Crippen LogP) is 3.77. The molecule has 1 amide bonds. The maximum absolute atomic E-state index is 12.6. The number of hydrogen-bond acceptors (Lipinski definition) is 3. The van der Waals surface area contributed by atoms with Crippen LogP contribution in [0.25, 0.3) is 0 Å². The molecule has 1 aliphatic rings. The van der Waals surface area contributed by atoms with Crippen molar-refractivity contribution in [2.45, 2.75) is 12.3 Å². The second-order valence-electron chi connectivity index (χ2n) is 4.84. The standard InChI is InChI=1S/C15H10F3N2O2/c16-15(17,18)10-7-5-9(6-8-10)13-19-12-4-2-1-3-11(12)14(21)20(13)22/h1-8,13,19H/q-1. The van der Waals surface area contributed by atoms with Gasteiger partial charge in [-0.25, -0.2) is 0 Å². The number of anilines is 1. The largest absolute Gasteiger partial charge is 0.754 e. The van der Waals surface area contributed by atoms with E-state index >= 15 is 0 Å². The molecule has 0 aliphatic carbocycles. The topological polar surface area (TPSA) is 55.4 Å². The third kappa shape index (κ3) is 2.39. The van der Waals surface area contributed by atoms with Crippen LogP contribution in [0.15, 0.2) is 48.5 Å². The molecule has 22 heavy (non-hydrogen) atoms. The van der Waals surface area contributed by atoms with Gasteiger partial charge in [-0.3, -0.25) is 4.79 Å². The number of hydrogen-bond donors (Lipinski definition) is 1. The first kappa shape index (κ1) is 14.4. The van der Waals surface area contributed by atoms with Gasteiger partial charge < -0.3 is 15.6 Å². The fourth-order valence-electron chi connectivity index (χ4n) is 2.31. The van der Waals surface area contributed by atoms with Crippen LogP contribution in [-0.2, 0) is 6.18 Å². The van der Waals surface area contributed by atoms with Gasteiger partial charge in [-0.05, 0) is 29.8 Å². The monoisotopic (exact) mass is 307 g/mol. The number of benzene rings is 2. The Balaban J connectivity index is 1.94. The Kier molecular flexibility index (Phi) is 3.29. The van der Waals surface area contributed by atoms with Gasteiger partial charge in [-0.1, -0.05) is 24.3 Å². The Morgan fingerprint density at radius 1 is 1.05 bits per heavy atom. The summed E-state index contributed by atoms with van der Waals surface area (Å²) in [6.07, 6.45) is -5.50. The third-order valence-corrected chi connectivity index (χ3v) is 3.44. The average Bonchev–Trinajstić information content (AvgIpc) is 2.50. The number of fused-ring (bicyclic) bond motifs is 1. The number of amides is 1. The van der Waals surface area contributed by atoms with Crippen molar-refractivity contribution < 1.29 is 18.0 Å². The van der Waals surface area contributed by atoms with Crippen LogP contribution in [-0.4, -0.2) is 11.0 Å². The number of carbonyl (C=O) groups is 1. The lowest BCUT2D eigenvalue weighted by Crippen LogP contribution is -2.38. The molecule has 0 radical (unpaired) electrons. The van der Waals surface area contributed by atoms with Crippen molar-refractivity contribution in [3.8, 4) is 0 Å². The Morgan fingerprint density at radius 2 is 1.68 bits per heavy atom. The van der Waals surface area contributed by atoms with Gasteiger partial charge in [-0.2, -0.15) is 13.2 Å². The van der Waals surface area contributed by atoms with Crippen molar-refractivity contribution in [1.82, 2.24) is 5.06 Å². The highest BCUT2D eigenvalue weighted by molar-refractivity contribution is 6.01. The molecule has 4 nitrogen and oxygen atoms in total. The molecule has 0 aromatic heterocycles. The number of hydroxylamine groups is 2. The minimum Gasteiger partial charge on any atom is -0.754 e. The third-order valence-electron chi connectivity index (χ3n) is 3.44. The number of nitrogens with one attached hydrogen (secondary N) is 1. The summed E-state index contributed by atoms with van der Waals surface area (Å²) in [5.41, 5.74) is 0.187. The molecule has 1 aliphatic heterocycles. The van der Waals surface area contributed by atoms with Gasteiger partial charge in [0.1, 0.15) is 6.17 Å². The zero-order chi connectivity index (χ0) is 15.9. The molecular weight excluding hydrogens is 297 g/mol. The lowest BCUT2D eigenvalue weighted by atomic mass is 10.0. The van der Waals surface area contributed by atoms with Gasteiger partial charge >= 0.3 is 6.18 Å². The van der Waals surface area contributed by atoms with Crippen molar-refractivity contribution in [1.29, 1.82) is 0 Å². The molecule has 2 aromatic rings. The van der Waals surface area contributed by atoms with Gasteiger partial charge in [0.2, 0.25) is 5.91 Å². The van der Waals surface area contributed by atoms with Gasteiger partial charge in [0, 0.05) is 5.69 Å². The van der Waals surface area contributed by atoms with Crippen LogP contribution in [0.3, 0.4) is 0 Å². The van der Waals surface area contributed by atoms with Crippen LogP contribution in [0.4, 0.5) is 18.9 Å². The predicted molar refractivity (Wildman–Crippen MR) is 73.8 cm³/mol. The number of para-hydroxylation sites is 1. The highest BCUT2D eigenvalue weighted by atomic mass is 19.4. The lowest BCUT2D eigenvalue weighted by Gasteiger charge is -2.42. The summed E-state index contributed by atoms with van der Waals surface area (Å²) in [4.78, 5) is 12.0. The molecule has 0 bridgehead atoms. The average molecular weight is 307 g/mol. The van der Waals surface area contributed by atoms with Crippen molar-refractivity contribution in [2.75, 3.05) is 5.32 Å². The van der Waals surface area contributed by atoms with E-state index in [1.165, 1.54) is 18.2 Å². The number of halogens is 3. The van der Waals surface area contributed by atoms with E-state index in [4.69, 9.17) is 0 Å². The highest BCUT2D eigenvalue weighted by Crippen LogP contribution is 2.34. The Labute approximate surface area is 123 Å². The molecule has 0 saturated heterocycles. The minimum absolute atomic E-state index is 0.227. The smallest absolute Gasteiger partial charge is 0.416 e. The Morgan fingerprint density at radius 3 is 2.32 bits per heavy atom. The summed E-state index contributed by atoms with van der Waals surface area (Å²) in [7, 11) is 0. The zero-order valence-electron chi connectivity index (χ0n) is 11.1. The SMILES string of the molecule is O=C1c2ccccc2NC(c2ccc(C(F)(F)F)cc2)N1[O-]. The quantitative estimate of drug-likeness (QED) is 0.872. The van der Waals surface area contributed by atoms with Gasteiger partial charge in [0.05, 0.1) is 11.1 Å². The molecular formula is C15H10F3N2O2-. The maximum Gasteiger partial charge on any atom is 0.416 e. The van der Waals surface area contributed by atoms with E-state index in [1.807, 2.05) is 0 Å². The maximum atomic E-state index is 12.6. The van der Waals surface area contributed by atoms with Crippen LogP contribution in [0.1, 0.15) is 27.7 Å². The molecule has 7 heteroatoms. The normalized spacial score (nSPS) is 17.9. The summed E-state index contributed by atoms with van der Waals surface area (Å²) in [6.45, 7) is 0. The van der Waals surface area contributed by atoms with E-state index in [0.29, 0.717) is 5.69 Å². The fraction of sp³-hybridized carbons (Fsp3) is 0.133. The van der Waals surface area contributed by atoms with E-state index in [9.17, 15) is 23.2 Å². The molecule has 0 spiro atoms. The van der Waals surface area contributed by atoms with Crippen LogP contribution in [0.5, 0.6) is 0 Å². The fourth-order valence-corrected chi connectivity index (χ4v) is 2.31. The summed E-state index contributed by atoms with van der Waals surface area (Å²) in [6, 6.07) is 10.6. The first-order valence-corrected chi connectivity index (χ1v) is 6.41. The number of carbonyl (C=O) groups excluding carboxylic acids is 1. The molecule has 3 rings (SSSR count). The van der Waals surface area contributed by atoms with Gasteiger partial charge in [0.25, 0.3) is 0 Å². The van der Waals surface area contributed by atoms with Crippen molar-refractivity contribution in [2.24, 2.45) is 0 Å². The van der Waals surface area contributed by atoms with Crippen LogP contribution >= 0.6 is 0 Å². The van der Waals surface area contributed by atoms with Crippen molar-refractivity contribution >= 4 is 11.6 Å². The van der Waals surface area contributed by atoms with E-state index < -0.39 is 23.8 Å². The van der Waals surface area contributed by atoms with Crippen LogP contribution in [0, 0.1) is 5.21 Å². The Hall–Kier alpha value is -2.54. The first-order chi connectivity index (χ1) is 10.4. The number of nitrogens with zero attached hydrogens (tertiary/aromatic N) is 1. The first-order valence-electron chi connectivity index (χ1n) is 6.41. The molecule has 1 atom stereocenters. The number of alkyl halides is 3. The molecule has 0 fully saturated rings. The molecule has 0 saturated carbocycles. The second-order valence-corrected chi connectivity index (χ2v) is 4.84. The molecule has 114 valence electrons. The highest BCUT2D eigenvalue weighted by Gasteiger charge is 2.31. The zero-order valence-corrected chi connectivity index (χ0v) is 11.1. The molecule has 1 unspecified atom stereocenters. The number of rotatable bonds is 1. The molecule has 2 aromatic carbocycles. The summed E-state index contributed by atoms with van der Waals surface area (Å²) < 4.78 is 37.7. The summed E-state index contributed by atoms with van der Waals surface area (Å²) >= 11 is 0. The van der Waals surface area contributed by atoms with E-state index in [0.717, 1.165) is 12.1 Å². The summed E-state index contributed by atoms with van der Waals surface area (Å²) in [5.74, 6) is -0.723. The minimum atomic E-state index is -4.45. The van der Waals surface area contributed by atoms with E-state index in [2.05, 4.69) is 5.32 Å². The van der Waals surface area contributed by atoms with E-state index in [-0.39, 0.29) is 16.2 Å². The molecule has 1 N–H and O–H groups in total. The molecule has 1 heterocycles. The van der Waals surface area contributed by atoms with Crippen LogP contribution < -0.4 is 5.32 Å². The van der Waals surface area contributed by atoms with Gasteiger partial charge in [0.15, 0.2) is 0 Å². The Bertz CT molecular complexity index is 713. The second kappa shape index (κ2) is 5.03.